The lowest BCUT2D eigenvalue weighted by Gasteiger charge is -2.38. The summed E-state index contributed by atoms with van der Waals surface area (Å²) in [5.74, 6) is 0. The van der Waals surface area contributed by atoms with E-state index in [-0.39, 0.29) is 11.0 Å². The molecular formula is C24H35NOS. The van der Waals surface area contributed by atoms with Gasteiger partial charge in [-0.15, -0.1) is 11.3 Å². The van der Waals surface area contributed by atoms with E-state index in [9.17, 15) is 0 Å². The van der Waals surface area contributed by atoms with Crippen LogP contribution < -0.4 is 0 Å². The van der Waals surface area contributed by atoms with E-state index in [2.05, 4.69) is 75.9 Å². The van der Waals surface area contributed by atoms with Gasteiger partial charge in [0.1, 0.15) is 0 Å². The van der Waals surface area contributed by atoms with Gasteiger partial charge in [0.25, 0.3) is 0 Å². The number of likely N-dealkylation sites (tertiary alicyclic amines) is 1. The van der Waals surface area contributed by atoms with Gasteiger partial charge in [-0.1, -0.05) is 29.8 Å². The lowest BCUT2D eigenvalue weighted by molar-refractivity contribution is 0.0386. The number of nitrogens with zero attached hydrogens (tertiary/aromatic N) is 1. The van der Waals surface area contributed by atoms with Crippen LogP contribution >= 0.6 is 11.3 Å². The lowest BCUT2D eigenvalue weighted by atomic mass is 9.82. The molecule has 1 aliphatic rings. The first-order chi connectivity index (χ1) is 12.8. The summed E-state index contributed by atoms with van der Waals surface area (Å²) in [4.78, 5) is 5.60. The molecular weight excluding hydrogens is 350 g/mol. The topological polar surface area (TPSA) is 12.5 Å². The van der Waals surface area contributed by atoms with Gasteiger partial charge in [0, 0.05) is 33.9 Å². The second-order valence-electron chi connectivity index (χ2n) is 8.75. The molecule has 2 heterocycles. The first-order valence-electron chi connectivity index (χ1n) is 10.3. The predicted octanol–water partition coefficient (Wildman–Crippen LogP) is 5.96. The fourth-order valence-corrected chi connectivity index (χ4v) is 5.17. The number of aryl methyl sites for hydroxylation is 3. The van der Waals surface area contributed by atoms with E-state index in [1.807, 2.05) is 11.3 Å². The molecule has 1 aliphatic heterocycles. The Balaban J connectivity index is 1.73. The molecule has 1 atom stereocenters. The summed E-state index contributed by atoms with van der Waals surface area (Å²) >= 11 is 1.94. The smallest absolute Gasteiger partial charge is 0.0535 e. The SMILES string of the molecule is CCOC[C@]1(CCc2ccc(C)s2)CCN(C(C)(C)c2ccc(C)cc2)C1. The van der Waals surface area contributed by atoms with Crippen molar-refractivity contribution >= 4 is 11.3 Å². The van der Waals surface area contributed by atoms with Crippen LogP contribution in [0.2, 0.25) is 0 Å². The first-order valence-corrected chi connectivity index (χ1v) is 11.1. The van der Waals surface area contributed by atoms with Crippen molar-refractivity contribution in [1.82, 2.24) is 4.90 Å². The molecule has 0 radical (unpaired) electrons. The number of ether oxygens (including phenoxy) is 1. The third-order valence-electron chi connectivity index (χ3n) is 6.30. The van der Waals surface area contributed by atoms with Crippen molar-refractivity contribution < 1.29 is 4.74 Å². The highest BCUT2D eigenvalue weighted by atomic mass is 32.1. The van der Waals surface area contributed by atoms with E-state index in [4.69, 9.17) is 4.74 Å². The van der Waals surface area contributed by atoms with Crippen LogP contribution in [0.5, 0.6) is 0 Å². The summed E-state index contributed by atoms with van der Waals surface area (Å²) in [5.41, 5.74) is 3.07. The molecule has 148 valence electrons. The molecule has 0 aliphatic carbocycles. The highest BCUT2D eigenvalue weighted by molar-refractivity contribution is 7.11. The Kier molecular flexibility index (Phi) is 6.45. The van der Waals surface area contributed by atoms with Gasteiger partial charge in [-0.05, 0) is 78.1 Å². The van der Waals surface area contributed by atoms with Crippen LogP contribution in [-0.4, -0.2) is 31.2 Å². The zero-order valence-electron chi connectivity index (χ0n) is 17.7. The monoisotopic (exact) mass is 385 g/mol. The third-order valence-corrected chi connectivity index (χ3v) is 7.36. The number of thiophene rings is 1. The quantitative estimate of drug-likeness (QED) is 0.556. The van der Waals surface area contributed by atoms with Gasteiger partial charge < -0.3 is 4.74 Å². The molecule has 3 heteroatoms. The summed E-state index contributed by atoms with van der Waals surface area (Å²) in [5, 5.41) is 0. The Morgan fingerprint density at radius 2 is 1.85 bits per heavy atom. The Morgan fingerprint density at radius 3 is 2.48 bits per heavy atom. The fourth-order valence-electron chi connectivity index (χ4n) is 4.28. The molecule has 1 fully saturated rings. The zero-order chi connectivity index (χ0) is 19.5. The van der Waals surface area contributed by atoms with E-state index in [1.54, 1.807) is 0 Å². The van der Waals surface area contributed by atoms with E-state index in [0.717, 1.165) is 26.3 Å². The molecule has 0 unspecified atom stereocenters. The molecule has 1 saturated heterocycles. The van der Waals surface area contributed by atoms with Crippen molar-refractivity contribution in [3.8, 4) is 0 Å². The average molecular weight is 386 g/mol. The minimum Gasteiger partial charge on any atom is -0.381 e. The lowest BCUT2D eigenvalue weighted by Crippen LogP contribution is -2.42. The molecule has 2 nitrogen and oxygen atoms in total. The maximum atomic E-state index is 5.97. The van der Waals surface area contributed by atoms with E-state index in [1.165, 1.54) is 40.1 Å². The van der Waals surface area contributed by atoms with Crippen LogP contribution in [0.15, 0.2) is 36.4 Å². The Morgan fingerprint density at radius 1 is 1.11 bits per heavy atom. The van der Waals surface area contributed by atoms with Crippen molar-refractivity contribution in [2.75, 3.05) is 26.3 Å². The predicted molar refractivity (Wildman–Crippen MR) is 117 cm³/mol. The van der Waals surface area contributed by atoms with Crippen LogP contribution in [0.4, 0.5) is 0 Å². The maximum absolute atomic E-state index is 5.97. The first kappa shape index (κ1) is 20.6. The normalized spacial score (nSPS) is 21.1. The van der Waals surface area contributed by atoms with Crippen LogP contribution in [0.25, 0.3) is 0 Å². The Labute approximate surface area is 169 Å². The highest BCUT2D eigenvalue weighted by Crippen LogP contribution is 2.42. The van der Waals surface area contributed by atoms with Crippen LogP contribution in [0.3, 0.4) is 0 Å². The van der Waals surface area contributed by atoms with Gasteiger partial charge >= 0.3 is 0 Å². The number of benzene rings is 1. The minimum atomic E-state index is 0.0567. The van der Waals surface area contributed by atoms with Gasteiger partial charge in [-0.25, -0.2) is 0 Å². The largest absolute Gasteiger partial charge is 0.381 e. The highest BCUT2D eigenvalue weighted by Gasteiger charge is 2.43. The van der Waals surface area contributed by atoms with Crippen LogP contribution in [-0.2, 0) is 16.7 Å². The van der Waals surface area contributed by atoms with Gasteiger partial charge in [-0.2, -0.15) is 0 Å². The van der Waals surface area contributed by atoms with Crippen LogP contribution in [0.1, 0.15) is 54.5 Å². The molecule has 0 spiro atoms. The molecule has 0 amide bonds. The Bertz CT molecular complexity index is 733. The van der Waals surface area contributed by atoms with E-state index < -0.39 is 0 Å². The summed E-state index contributed by atoms with van der Waals surface area (Å²) < 4.78 is 5.97. The van der Waals surface area contributed by atoms with Gasteiger partial charge in [0.05, 0.1) is 6.61 Å². The second-order valence-corrected chi connectivity index (χ2v) is 10.1. The summed E-state index contributed by atoms with van der Waals surface area (Å²) in [6, 6.07) is 13.6. The molecule has 1 aromatic carbocycles. The number of rotatable bonds is 8. The average Bonchev–Trinajstić information content (AvgIpc) is 3.26. The number of hydrogen-bond acceptors (Lipinski definition) is 3. The molecule has 0 N–H and O–H groups in total. The zero-order valence-corrected chi connectivity index (χ0v) is 18.5. The molecule has 3 rings (SSSR count). The standard InChI is InChI=1S/C24H35NOS/c1-6-26-18-24(14-13-22-12-9-20(3)27-22)15-16-25(17-24)23(4,5)21-10-7-19(2)8-11-21/h7-12H,6,13-18H2,1-5H3/t24-/m1/s1. The minimum absolute atomic E-state index is 0.0567. The number of hydrogen-bond donors (Lipinski definition) is 0. The second kappa shape index (κ2) is 8.46. The maximum Gasteiger partial charge on any atom is 0.0535 e. The summed E-state index contributed by atoms with van der Waals surface area (Å²) in [7, 11) is 0. The van der Waals surface area contributed by atoms with Crippen molar-refractivity contribution in [1.29, 1.82) is 0 Å². The molecule has 2 aromatic rings. The summed E-state index contributed by atoms with van der Waals surface area (Å²) in [6.45, 7) is 15.2. The van der Waals surface area contributed by atoms with Gasteiger partial charge in [-0.3, -0.25) is 4.90 Å². The van der Waals surface area contributed by atoms with Crippen LogP contribution in [0, 0.1) is 19.3 Å². The van der Waals surface area contributed by atoms with E-state index in [0.29, 0.717) is 0 Å². The Hall–Kier alpha value is -1.16. The van der Waals surface area contributed by atoms with Gasteiger partial charge in [0.2, 0.25) is 0 Å². The fraction of sp³-hybridized carbons (Fsp3) is 0.583. The van der Waals surface area contributed by atoms with Crippen molar-refractivity contribution in [3.05, 3.63) is 57.3 Å². The van der Waals surface area contributed by atoms with Crippen molar-refractivity contribution in [3.63, 3.8) is 0 Å². The third kappa shape index (κ3) is 4.82. The molecule has 0 saturated carbocycles. The molecule has 27 heavy (non-hydrogen) atoms. The van der Waals surface area contributed by atoms with Gasteiger partial charge in [0.15, 0.2) is 0 Å². The van der Waals surface area contributed by atoms with E-state index >= 15 is 0 Å². The van der Waals surface area contributed by atoms with Crippen molar-refractivity contribution in [2.24, 2.45) is 5.41 Å². The molecule has 0 bridgehead atoms. The molecule has 1 aromatic heterocycles. The van der Waals surface area contributed by atoms with Crippen molar-refractivity contribution in [2.45, 2.75) is 59.4 Å². The summed E-state index contributed by atoms with van der Waals surface area (Å²) in [6.07, 6.45) is 3.62.